The smallest absolute Gasteiger partial charge is 0.298 e. The first-order valence-electron chi connectivity index (χ1n) is 8.31. The number of benzene rings is 1. The molecule has 1 saturated heterocycles. The number of aldehydes is 1. The van der Waals surface area contributed by atoms with Gasteiger partial charge in [-0.25, -0.2) is 9.07 Å². The minimum absolute atomic E-state index is 0.0236. The molecule has 1 unspecified atom stereocenters. The summed E-state index contributed by atoms with van der Waals surface area (Å²) < 4.78 is 21.9. The van der Waals surface area contributed by atoms with Crippen LogP contribution in [0.4, 0.5) is 4.39 Å². The van der Waals surface area contributed by atoms with Crippen molar-refractivity contribution in [3.8, 4) is 0 Å². The minimum atomic E-state index is -0.404. The first kappa shape index (κ1) is 15.3. The molecule has 0 N–H and O–H groups in total. The van der Waals surface area contributed by atoms with Crippen molar-refractivity contribution in [3.63, 3.8) is 0 Å². The van der Waals surface area contributed by atoms with Crippen molar-refractivity contribution in [2.24, 2.45) is 11.8 Å². The monoisotopic (exact) mass is 355 g/mol. The van der Waals surface area contributed by atoms with Crippen LogP contribution in [-0.4, -0.2) is 44.3 Å². The summed E-state index contributed by atoms with van der Waals surface area (Å²) >= 11 is 0. The zero-order chi connectivity index (χ0) is 17.8. The van der Waals surface area contributed by atoms with Crippen LogP contribution < -0.4 is 5.56 Å². The van der Waals surface area contributed by atoms with Gasteiger partial charge in [0.25, 0.3) is 5.56 Å². The Morgan fingerprint density at radius 2 is 2.00 bits per heavy atom. The van der Waals surface area contributed by atoms with Crippen molar-refractivity contribution in [1.82, 2.24) is 24.8 Å². The number of ether oxygens (including phenoxy) is 1. The summed E-state index contributed by atoms with van der Waals surface area (Å²) in [5, 5.41) is 12.3. The first-order chi connectivity index (χ1) is 12.7. The fourth-order valence-corrected chi connectivity index (χ4v) is 3.74. The number of aromatic nitrogens is 5. The van der Waals surface area contributed by atoms with Crippen LogP contribution in [0.5, 0.6) is 0 Å². The maximum Gasteiger partial charge on any atom is 0.298 e. The summed E-state index contributed by atoms with van der Waals surface area (Å²) in [6, 6.07) is 6.19. The summed E-state index contributed by atoms with van der Waals surface area (Å²) in [5.41, 5.74) is 0.304. The third-order valence-electron chi connectivity index (χ3n) is 5.20. The van der Waals surface area contributed by atoms with Crippen molar-refractivity contribution in [1.29, 1.82) is 0 Å². The maximum atomic E-state index is 13.9. The molecule has 0 spiro atoms. The van der Waals surface area contributed by atoms with Gasteiger partial charge in [-0.2, -0.15) is 5.10 Å². The molecule has 9 heteroatoms. The van der Waals surface area contributed by atoms with Gasteiger partial charge in [-0.15, -0.1) is 5.10 Å². The second-order valence-corrected chi connectivity index (χ2v) is 6.64. The molecule has 2 aromatic heterocycles. The lowest BCUT2D eigenvalue weighted by Crippen LogP contribution is -2.26. The van der Waals surface area contributed by atoms with E-state index in [4.69, 9.17) is 4.74 Å². The van der Waals surface area contributed by atoms with E-state index in [0.717, 1.165) is 0 Å². The van der Waals surface area contributed by atoms with Crippen LogP contribution >= 0.6 is 0 Å². The number of halogens is 1. The highest BCUT2D eigenvalue weighted by molar-refractivity contribution is 5.91. The van der Waals surface area contributed by atoms with Crippen LogP contribution in [0.15, 0.2) is 29.1 Å². The Morgan fingerprint density at radius 1 is 1.23 bits per heavy atom. The summed E-state index contributed by atoms with van der Waals surface area (Å²) in [6.45, 7) is 1.25. The summed E-state index contributed by atoms with van der Waals surface area (Å²) in [6.07, 6.45) is 0.564. The van der Waals surface area contributed by atoms with Crippen molar-refractivity contribution in [3.05, 3.63) is 51.7 Å². The van der Waals surface area contributed by atoms with Gasteiger partial charge in [-0.05, 0) is 6.07 Å². The van der Waals surface area contributed by atoms with Gasteiger partial charge in [0.15, 0.2) is 11.8 Å². The molecule has 1 aliphatic carbocycles. The van der Waals surface area contributed by atoms with Crippen molar-refractivity contribution in [2.75, 3.05) is 13.2 Å². The van der Waals surface area contributed by atoms with E-state index in [2.05, 4.69) is 15.4 Å². The lowest BCUT2D eigenvalue weighted by Gasteiger charge is -2.05. The molecule has 5 rings (SSSR count). The zero-order valence-corrected chi connectivity index (χ0v) is 13.6. The van der Waals surface area contributed by atoms with Crippen molar-refractivity contribution in [2.45, 2.75) is 12.6 Å². The predicted octanol–water partition coefficient (Wildman–Crippen LogP) is 0.805. The molecule has 26 heavy (non-hydrogen) atoms. The van der Waals surface area contributed by atoms with E-state index < -0.39 is 5.82 Å². The van der Waals surface area contributed by atoms with E-state index in [1.54, 1.807) is 18.2 Å². The molecule has 0 radical (unpaired) electrons. The SMILES string of the molecule is O=Cc1c2nnn(C3[C@H]4COC[C@@H]34)c(=O)c2nn1Cc1ccccc1F. The molecule has 132 valence electrons. The summed E-state index contributed by atoms with van der Waals surface area (Å²) in [4.78, 5) is 24.3. The second kappa shape index (κ2) is 5.53. The highest BCUT2D eigenvalue weighted by Crippen LogP contribution is 2.53. The summed E-state index contributed by atoms with van der Waals surface area (Å²) in [7, 11) is 0. The fraction of sp³-hybridized carbons (Fsp3) is 0.353. The van der Waals surface area contributed by atoms with Crippen molar-refractivity contribution < 1.29 is 13.9 Å². The molecular formula is C17H14FN5O3. The predicted molar refractivity (Wildman–Crippen MR) is 87.3 cm³/mol. The number of rotatable bonds is 4. The number of hydrogen-bond donors (Lipinski definition) is 0. The van der Waals surface area contributed by atoms with E-state index in [1.165, 1.54) is 15.4 Å². The quantitative estimate of drug-likeness (QED) is 0.643. The molecule has 3 heterocycles. The number of fused-ring (bicyclic) bond motifs is 2. The number of nitrogens with zero attached hydrogens (tertiary/aromatic N) is 5. The van der Waals surface area contributed by atoms with Gasteiger partial charge in [0.1, 0.15) is 17.0 Å². The largest absolute Gasteiger partial charge is 0.381 e. The Kier molecular flexibility index (Phi) is 3.26. The highest BCUT2D eigenvalue weighted by Gasteiger charge is 2.56. The van der Waals surface area contributed by atoms with Gasteiger partial charge >= 0.3 is 0 Å². The van der Waals surface area contributed by atoms with E-state index in [0.29, 0.717) is 25.1 Å². The minimum Gasteiger partial charge on any atom is -0.381 e. The average molecular weight is 355 g/mol. The van der Waals surface area contributed by atoms with E-state index in [-0.39, 0.29) is 46.7 Å². The van der Waals surface area contributed by atoms with Gasteiger partial charge < -0.3 is 4.74 Å². The molecule has 1 saturated carbocycles. The van der Waals surface area contributed by atoms with Gasteiger partial charge in [0.2, 0.25) is 0 Å². The van der Waals surface area contributed by atoms with Gasteiger partial charge in [-0.3, -0.25) is 14.3 Å². The molecule has 2 fully saturated rings. The Hall–Kier alpha value is -2.94. The Morgan fingerprint density at radius 3 is 2.73 bits per heavy atom. The van der Waals surface area contributed by atoms with Gasteiger partial charge in [0.05, 0.1) is 25.8 Å². The summed E-state index contributed by atoms with van der Waals surface area (Å²) in [5.74, 6) is 0.161. The van der Waals surface area contributed by atoms with Crippen molar-refractivity contribution >= 4 is 17.3 Å². The van der Waals surface area contributed by atoms with E-state index in [9.17, 15) is 14.0 Å². The van der Waals surface area contributed by atoms with Crippen LogP contribution in [0.2, 0.25) is 0 Å². The molecule has 3 atom stereocenters. The Labute approximate surface area is 146 Å². The number of hydrogen-bond acceptors (Lipinski definition) is 6. The standard InChI is InChI=1S/C17H14FN5O3/c18-12-4-2-1-3-9(12)5-22-13(6-24)14-15(20-22)17(25)23(21-19-14)16-10-7-26-8-11(10)16/h1-4,6,10-11,16H,5,7-8H2/t10-,11+,16?. The van der Waals surface area contributed by atoms with E-state index in [1.807, 2.05) is 0 Å². The first-order valence-corrected chi connectivity index (χ1v) is 8.31. The number of carbonyl (C=O) groups is 1. The van der Waals surface area contributed by atoms with Crippen LogP contribution in [0.1, 0.15) is 22.1 Å². The molecule has 2 aliphatic rings. The van der Waals surface area contributed by atoms with Crippen LogP contribution in [0.3, 0.4) is 0 Å². The Balaban J connectivity index is 1.59. The van der Waals surface area contributed by atoms with Crippen LogP contribution in [-0.2, 0) is 11.3 Å². The number of carbonyl (C=O) groups excluding carboxylic acids is 1. The lowest BCUT2D eigenvalue weighted by atomic mass is 10.2. The molecule has 8 nitrogen and oxygen atoms in total. The third kappa shape index (κ3) is 2.13. The lowest BCUT2D eigenvalue weighted by molar-refractivity contribution is 0.111. The average Bonchev–Trinajstić information content (AvgIpc) is 2.98. The molecule has 3 aromatic rings. The maximum absolute atomic E-state index is 13.9. The van der Waals surface area contributed by atoms with Crippen LogP contribution in [0, 0.1) is 17.7 Å². The molecular weight excluding hydrogens is 341 g/mol. The molecule has 1 aliphatic heterocycles. The molecule has 0 bridgehead atoms. The van der Waals surface area contributed by atoms with Gasteiger partial charge in [-0.1, -0.05) is 23.4 Å². The van der Waals surface area contributed by atoms with Gasteiger partial charge in [0, 0.05) is 17.4 Å². The van der Waals surface area contributed by atoms with E-state index >= 15 is 0 Å². The van der Waals surface area contributed by atoms with Crippen LogP contribution in [0.25, 0.3) is 11.0 Å². The molecule has 0 amide bonds. The fourth-order valence-electron chi connectivity index (χ4n) is 3.74. The normalized spacial score (nSPS) is 24.0. The second-order valence-electron chi connectivity index (χ2n) is 6.64. The third-order valence-corrected chi connectivity index (χ3v) is 5.20. The Bertz CT molecular complexity index is 1080. The zero-order valence-electron chi connectivity index (χ0n) is 13.6. The molecule has 1 aromatic carbocycles. The topological polar surface area (TPSA) is 91.9 Å². The highest BCUT2D eigenvalue weighted by atomic mass is 19.1.